The minimum Gasteiger partial charge on any atom is -0.344 e. The minimum atomic E-state index is 0.0956. The molecule has 0 bridgehead atoms. The van der Waals surface area contributed by atoms with Crippen molar-refractivity contribution >= 4 is 43.7 Å². The Kier molecular flexibility index (Phi) is 8.93. The molecule has 4 nitrogen and oxygen atoms in total. The molecule has 6 heteroatoms. The molecule has 16 heavy (non-hydrogen) atoms. The number of hydrogen-bond donors (Lipinski definition) is 0. The predicted octanol–water partition coefficient (Wildman–Crippen LogP) is 1.47. The van der Waals surface area contributed by atoms with Crippen LogP contribution in [0.3, 0.4) is 0 Å². The van der Waals surface area contributed by atoms with E-state index in [1.54, 1.807) is 23.9 Å². The van der Waals surface area contributed by atoms with Crippen molar-refractivity contribution in [3.63, 3.8) is 0 Å². The van der Waals surface area contributed by atoms with E-state index in [4.69, 9.17) is 0 Å². The molecule has 0 N–H and O–H groups in total. The topological polar surface area (TPSA) is 40.6 Å². The van der Waals surface area contributed by atoms with Gasteiger partial charge in [-0.2, -0.15) is 0 Å². The van der Waals surface area contributed by atoms with Crippen LogP contribution < -0.4 is 0 Å². The number of carbonyl (C=O) groups is 2. The van der Waals surface area contributed by atoms with Gasteiger partial charge in [0.1, 0.15) is 0 Å². The molecule has 0 aliphatic carbocycles. The van der Waals surface area contributed by atoms with E-state index < -0.39 is 0 Å². The number of carbonyl (C=O) groups excluding carboxylic acids is 2. The molecular formula is C10H18Br2N2O2. The average Bonchev–Trinajstić information content (AvgIpc) is 2.25. The van der Waals surface area contributed by atoms with Crippen LogP contribution in [0.5, 0.6) is 0 Å². The summed E-state index contributed by atoms with van der Waals surface area (Å²) in [6.07, 6.45) is 0.991. The highest BCUT2D eigenvalue weighted by atomic mass is 79.9. The molecule has 0 spiro atoms. The van der Waals surface area contributed by atoms with Gasteiger partial charge in [0.2, 0.25) is 11.8 Å². The summed E-state index contributed by atoms with van der Waals surface area (Å²) >= 11 is 6.45. The molecule has 0 saturated heterocycles. The van der Waals surface area contributed by atoms with E-state index >= 15 is 0 Å². The number of nitrogens with zero attached hydrogens (tertiary/aromatic N) is 2. The lowest BCUT2D eigenvalue weighted by atomic mass is 10.3. The molecule has 2 amide bonds. The Bertz CT molecular complexity index is 213. The van der Waals surface area contributed by atoms with E-state index in [1.807, 2.05) is 0 Å². The van der Waals surface area contributed by atoms with Gasteiger partial charge in [-0.15, -0.1) is 0 Å². The maximum absolute atomic E-state index is 11.4. The minimum absolute atomic E-state index is 0.0956. The zero-order valence-corrected chi connectivity index (χ0v) is 12.9. The lowest BCUT2D eigenvalue weighted by Crippen LogP contribution is -2.37. The molecule has 0 unspecified atom stereocenters. The van der Waals surface area contributed by atoms with Gasteiger partial charge in [-0.25, -0.2) is 0 Å². The first-order valence-electron chi connectivity index (χ1n) is 5.12. The Morgan fingerprint density at radius 1 is 0.875 bits per heavy atom. The Morgan fingerprint density at radius 2 is 1.19 bits per heavy atom. The second-order valence-electron chi connectivity index (χ2n) is 3.51. The fourth-order valence-electron chi connectivity index (χ4n) is 1.09. The molecule has 0 atom stereocenters. The van der Waals surface area contributed by atoms with Gasteiger partial charge in [0, 0.05) is 50.7 Å². The van der Waals surface area contributed by atoms with Crippen LogP contribution in [0.4, 0.5) is 0 Å². The van der Waals surface area contributed by atoms with Crippen LogP contribution in [0.2, 0.25) is 0 Å². The molecule has 0 rings (SSSR count). The molecule has 0 fully saturated rings. The number of likely N-dealkylation sites (N-methyl/N-ethyl adjacent to an activating group) is 2. The quantitative estimate of drug-likeness (QED) is 0.647. The van der Waals surface area contributed by atoms with Gasteiger partial charge < -0.3 is 9.80 Å². The summed E-state index contributed by atoms with van der Waals surface area (Å²) < 4.78 is 0. The summed E-state index contributed by atoms with van der Waals surface area (Å²) in [7, 11) is 3.52. The normalized spacial score (nSPS) is 10.0. The van der Waals surface area contributed by atoms with Crippen molar-refractivity contribution in [2.75, 3.05) is 37.8 Å². The molecular weight excluding hydrogens is 340 g/mol. The van der Waals surface area contributed by atoms with Gasteiger partial charge in [0.05, 0.1) is 0 Å². The maximum Gasteiger partial charge on any atom is 0.223 e. The van der Waals surface area contributed by atoms with E-state index in [1.165, 1.54) is 0 Å². The fourth-order valence-corrected chi connectivity index (χ4v) is 1.77. The molecule has 0 saturated carbocycles. The van der Waals surface area contributed by atoms with E-state index in [-0.39, 0.29) is 11.8 Å². The second-order valence-corrected chi connectivity index (χ2v) is 5.09. The first-order valence-corrected chi connectivity index (χ1v) is 7.37. The van der Waals surface area contributed by atoms with Crippen LogP contribution in [-0.4, -0.2) is 59.5 Å². The van der Waals surface area contributed by atoms with Crippen molar-refractivity contribution < 1.29 is 9.59 Å². The largest absolute Gasteiger partial charge is 0.344 e. The number of rotatable bonds is 7. The van der Waals surface area contributed by atoms with E-state index in [9.17, 15) is 9.59 Å². The molecule has 0 aromatic rings. The molecule has 0 radical (unpaired) electrons. The SMILES string of the molecule is CN(CCN(C)C(=O)CCBr)C(=O)CCBr. The summed E-state index contributed by atoms with van der Waals surface area (Å²) in [6.45, 7) is 1.16. The third kappa shape index (κ3) is 6.48. The smallest absolute Gasteiger partial charge is 0.223 e. The molecule has 0 aromatic heterocycles. The highest BCUT2D eigenvalue weighted by Crippen LogP contribution is 1.97. The van der Waals surface area contributed by atoms with Crippen LogP contribution in [-0.2, 0) is 9.59 Å². The molecule has 0 heterocycles. The number of hydrogen-bond acceptors (Lipinski definition) is 2. The number of alkyl halides is 2. The van der Waals surface area contributed by atoms with E-state index in [0.717, 1.165) is 0 Å². The van der Waals surface area contributed by atoms with Crippen LogP contribution in [0.1, 0.15) is 12.8 Å². The van der Waals surface area contributed by atoms with Gasteiger partial charge >= 0.3 is 0 Å². The van der Waals surface area contributed by atoms with Gasteiger partial charge in [-0.1, -0.05) is 31.9 Å². The Labute approximate surface area is 114 Å². The highest BCUT2D eigenvalue weighted by Gasteiger charge is 2.11. The average molecular weight is 358 g/mol. The first kappa shape index (κ1) is 15.9. The third-order valence-corrected chi connectivity index (χ3v) is 3.03. The zero-order valence-electron chi connectivity index (χ0n) is 9.71. The Balaban J connectivity index is 3.86. The molecule has 94 valence electrons. The Hall–Kier alpha value is -0.100. The van der Waals surface area contributed by atoms with Crippen molar-refractivity contribution in [1.29, 1.82) is 0 Å². The van der Waals surface area contributed by atoms with Crippen LogP contribution in [0, 0.1) is 0 Å². The van der Waals surface area contributed by atoms with Crippen LogP contribution >= 0.6 is 31.9 Å². The summed E-state index contributed by atoms with van der Waals surface area (Å²) in [5.41, 5.74) is 0. The summed E-state index contributed by atoms with van der Waals surface area (Å²) in [6, 6.07) is 0. The van der Waals surface area contributed by atoms with Crippen molar-refractivity contribution in [3.8, 4) is 0 Å². The maximum atomic E-state index is 11.4. The predicted molar refractivity (Wildman–Crippen MR) is 72.1 cm³/mol. The van der Waals surface area contributed by atoms with Crippen molar-refractivity contribution in [2.45, 2.75) is 12.8 Å². The van der Waals surface area contributed by atoms with Gasteiger partial charge in [-0.05, 0) is 0 Å². The lowest BCUT2D eigenvalue weighted by molar-refractivity contribution is -0.133. The monoisotopic (exact) mass is 356 g/mol. The standard InChI is InChI=1S/C10H18Br2N2O2/c1-13(9(15)3-5-11)7-8-14(2)10(16)4-6-12/h3-8H2,1-2H3. The fraction of sp³-hybridized carbons (Fsp3) is 0.800. The van der Waals surface area contributed by atoms with Crippen molar-refractivity contribution in [1.82, 2.24) is 9.80 Å². The summed E-state index contributed by atoms with van der Waals surface area (Å²) in [5.74, 6) is 0.191. The zero-order chi connectivity index (χ0) is 12.6. The first-order chi connectivity index (χ1) is 7.52. The second kappa shape index (κ2) is 8.98. The third-order valence-electron chi connectivity index (χ3n) is 2.24. The van der Waals surface area contributed by atoms with Gasteiger partial charge in [0.15, 0.2) is 0 Å². The Morgan fingerprint density at radius 3 is 1.44 bits per heavy atom. The highest BCUT2D eigenvalue weighted by molar-refractivity contribution is 9.09. The van der Waals surface area contributed by atoms with E-state index in [0.29, 0.717) is 36.6 Å². The number of halogens is 2. The van der Waals surface area contributed by atoms with E-state index in [2.05, 4.69) is 31.9 Å². The van der Waals surface area contributed by atoms with Crippen LogP contribution in [0.15, 0.2) is 0 Å². The van der Waals surface area contributed by atoms with Crippen molar-refractivity contribution in [2.24, 2.45) is 0 Å². The number of amides is 2. The van der Waals surface area contributed by atoms with Gasteiger partial charge in [-0.3, -0.25) is 9.59 Å². The molecule has 0 aliphatic heterocycles. The molecule has 0 aromatic carbocycles. The summed E-state index contributed by atoms with van der Waals surface area (Å²) in [4.78, 5) is 26.2. The lowest BCUT2D eigenvalue weighted by Gasteiger charge is -2.22. The summed E-state index contributed by atoms with van der Waals surface area (Å²) in [5, 5.41) is 1.35. The van der Waals surface area contributed by atoms with Gasteiger partial charge in [0.25, 0.3) is 0 Å². The van der Waals surface area contributed by atoms with Crippen molar-refractivity contribution in [3.05, 3.63) is 0 Å². The molecule has 0 aliphatic rings. The van der Waals surface area contributed by atoms with Crippen LogP contribution in [0.25, 0.3) is 0 Å².